The second-order valence-corrected chi connectivity index (χ2v) is 2.96. The Morgan fingerprint density at radius 1 is 1.42 bits per heavy atom. The van der Waals surface area contributed by atoms with E-state index >= 15 is 0 Å². The fourth-order valence-electron chi connectivity index (χ4n) is 1.08. The van der Waals surface area contributed by atoms with E-state index in [1.165, 1.54) is 12.8 Å². The first-order chi connectivity index (χ1) is 5.85. The van der Waals surface area contributed by atoms with Gasteiger partial charge in [-0.2, -0.15) is 0 Å². The molecule has 0 fully saturated rings. The molecule has 0 aliphatic carbocycles. The maximum Gasteiger partial charge on any atom is 0.0806 e. The molecule has 0 rings (SSSR count). The minimum absolute atomic E-state index is 0.0000926. The first-order valence-corrected chi connectivity index (χ1v) is 4.77. The maximum atomic E-state index is 8.89. The third-order valence-electron chi connectivity index (χ3n) is 1.80. The van der Waals surface area contributed by atoms with Crippen molar-refractivity contribution in [2.24, 2.45) is 5.73 Å². The van der Waals surface area contributed by atoms with Crippen molar-refractivity contribution in [1.82, 2.24) is 0 Å². The first-order valence-electron chi connectivity index (χ1n) is 4.77. The average Bonchev–Trinajstić information content (AvgIpc) is 2.11. The van der Waals surface area contributed by atoms with E-state index in [4.69, 9.17) is 15.6 Å². The van der Waals surface area contributed by atoms with Crippen LogP contribution in [0.3, 0.4) is 0 Å². The van der Waals surface area contributed by atoms with Crippen molar-refractivity contribution < 1.29 is 9.84 Å². The van der Waals surface area contributed by atoms with Crippen molar-refractivity contribution in [3.8, 4) is 0 Å². The van der Waals surface area contributed by atoms with E-state index in [2.05, 4.69) is 6.92 Å². The van der Waals surface area contributed by atoms with Gasteiger partial charge in [0.05, 0.1) is 19.3 Å². The molecule has 1 atom stereocenters. The first kappa shape index (κ1) is 11.9. The Hall–Kier alpha value is -0.120. The van der Waals surface area contributed by atoms with Crippen LogP contribution in [-0.2, 0) is 4.74 Å². The molecule has 3 N–H and O–H groups in total. The summed E-state index contributed by atoms with van der Waals surface area (Å²) in [6.07, 6.45) is 4.49. The molecule has 3 nitrogen and oxygen atoms in total. The maximum absolute atomic E-state index is 8.89. The number of rotatable bonds is 8. The van der Waals surface area contributed by atoms with Crippen molar-refractivity contribution in [2.45, 2.75) is 38.7 Å². The second-order valence-electron chi connectivity index (χ2n) is 2.96. The summed E-state index contributed by atoms with van der Waals surface area (Å²) in [6.45, 7) is 3.36. The topological polar surface area (TPSA) is 55.5 Å². The molecular formula is C9H21NO2. The summed E-state index contributed by atoms with van der Waals surface area (Å²) in [4.78, 5) is 0. The molecule has 0 saturated carbocycles. The van der Waals surface area contributed by atoms with Gasteiger partial charge in [0.15, 0.2) is 0 Å². The highest BCUT2D eigenvalue weighted by Gasteiger charge is 2.05. The van der Waals surface area contributed by atoms with Crippen LogP contribution in [0.4, 0.5) is 0 Å². The van der Waals surface area contributed by atoms with Crippen LogP contribution in [-0.4, -0.2) is 31.0 Å². The standard InChI is InChI=1S/C9H21NO2/c1-2-3-4-5-9(8-11)12-7-6-10/h9,11H,2-8,10H2,1H3. The summed E-state index contributed by atoms with van der Waals surface area (Å²) in [6, 6.07) is 0. The molecule has 0 bridgehead atoms. The number of ether oxygens (including phenoxy) is 1. The van der Waals surface area contributed by atoms with Crippen LogP contribution in [0.2, 0.25) is 0 Å². The zero-order chi connectivity index (χ0) is 9.23. The van der Waals surface area contributed by atoms with Crippen molar-refractivity contribution in [3.05, 3.63) is 0 Å². The minimum Gasteiger partial charge on any atom is -0.394 e. The average molecular weight is 175 g/mol. The summed E-state index contributed by atoms with van der Waals surface area (Å²) in [5.74, 6) is 0. The van der Waals surface area contributed by atoms with Gasteiger partial charge in [0.25, 0.3) is 0 Å². The molecule has 0 amide bonds. The van der Waals surface area contributed by atoms with E-state index in [0.717, 1.165) is 12.8 Å². The highest BCUT2D eigenvalue weighted by Crippen LogP contribution is 2.05. The van der Waals surface area contributed by atoms with Gasteiger partial charge in [0, 0.05) is 6.54 Å². The summed E-state index contributed by atoms with van der Waals surface area (Å²) in [5, 5.41) is 8.89. The highest BCUT2D eigenvalue weighted by molar-refractivity contribution is 4.56. The van der Waals surface area contributed by atoms with E-state index in [9.17, 15) is 0 Å². The van der Waals surface area contributed by atoms with Crippen molar-refractivity contribution in [2.75, 3.05) is 19.8 Å². The van der Waals surface area contributed by atoms with Crippen molar-refractivity contribution in [1.29, 1.82) is 0 Å². The molecule has 0 aromatic rings. The molecule has 3 heteroatoms. The molecular weight excluding hydrogens is 154 g/mol. The quantitative estimate of drug-likeness (QED) is 0.539. The third-order valence-corrected chi connectivity index (χ3v) is 1.80. The molecule has 74 valence electrons. The second kappa shape index (κ2) is 8.97. The predicted molar refractivity (Wildman–Crippen MR) is 50.0 cm³/mol. The number of nitrogens with two attached hydrogens (primary N) is 1. The highest BCUT2D eigenvalue weighted by atomic mass is 16.5. The number of hydrogen-bond donors (Lipinski definition) is 2. The van der Waals surface area contributed by atoms with Crippen LogP contribution in [0.5, 0.6) is 0 Å². The van der Waals surface area contributed by atoms with Gasteiger partial charge < -0.3 is 15.6 Å². The van der Waals surface area contributed by atoms with E-state index in [-0.39, 0.29) is 12.7 Å². The fraction of sp³-hybridized carbons (Fsp3) is 1.00. The fourth-order valence-corrected chi connectivity index (χ4v) is 1.08. The molecule has 0 aliphatic heterocycles. The van der Waals surface area contributed by atoms with Gasteiger partial charge in [-0.1, -0.05) is 26.2 Å². The normalized spacial score (nSPS) is 13.2. The Labute approximate surface area is 74.9 Å². The van der Waals surface area contributed by atoms with Gasteiger partial charge in [-0.05, 0) is 6.42 Å². The van der Waals surface area contributed by atoms with Crippen molar-refractivity contribution in [3.63, 3.8) is 0 Å². The molecule has 0 spiro atoms. The molecule has 1 unspecified atom stereocenters. The van der Waals surface area contributed by atoms with Crippen LogP contribution < -0.4 is 5.73 Å². The van der Waals surface area contributed by atoms with Gasteiger partial charge in [-0.3, -0.25) is 0 Å². The van der Waals surface area contributed by atoms with Gasteiger partial charge in [0.1, 0.15) is 0 Å². The van der Waals surface area contributed by atoms with Crippen molar-refractivity contribution >= 4 is 0 Å². The zero-order valence-corrected chi connectivity index (χ0v) is 7.96. The van der Waals surface area contributed by atoms with Crippen LogP contribution in [0.1, 0.15) is 32.6 Å². The summed E-state index contributed by atoms with van der Waals surface area (Å²) in [7, 11) is 0. The van der Waals surface area contributed by atoms with E-state index < -0.39 is 0 Å². The number of hydrogen-bond acceptors (Lipinski definition) is 3. The smallest absolute Gasteiger partial charge is 0.0806 e. The number of unbranched alkanes of at least 4 members (excludes halogenated alkanes) is 2. The molecule has 0 radical (unpaired) electrons. The number of aliphatic hydroxyl groups is 1. The molecule has 0 aromatic heterocycles. The lowest BCUT2D eigenvalue weighted by Crippen LogP contribution is -2.21. The lowest BCUT2D eigenvalue weighted by atomic mass is 10.1. The largest absolute Gasteiger partial charge is 0.394 e. The Kier molecular flexibility index (Phi) is 8.88. The van der Waals surface area contributed by atoms with Gasteiger partial charge in [0.2, 0.25) is 0 Å². The predicted octanol–water partition coefficient (Wildman–Crippen LogP) is 0.903. The Morgan fingerprint density at radius 2 is 2.17 bits per heavy atom. The summed E-state index contributed by atoms with van der Waals surface area (Å²) in [5.41, 5.74) is 5.28. The molecule has 12 heavy (non-hydrogen) atoms. The summed E-state index contributed by atoms with van der Waals surface area (Å²) < 4.78 is 5.31. The van der Waals surface area contributed by atoms with Gasteiger partial charge in [-0.15, -0.1) is 0 Å². The van der Waals surface area contributed by atoms with Crippen LogP contribution >= 0.6 is 0 Å². The zero-order valence-electron chi connectivity index (χ0n) is 7.96. The SMILES string of the molecule is CCCCCC(CO)OCCN. The minimum atomic E-state index is 0.0000926. The molecule has 0 heterocycles. The molecule has 0 aliphatic rings. The lowest BCUT2D eigenvalue weighted by molar-refractivity contribution is 0.0108. The van der Waals surface area contributed by atoms with Gasteiger partial charge >= 0.3 is 0 Å². The van der Waals surface area contributed by atoms with Crippen LogP contribution in [0.25, 0.3) is 0 Å². The number of aliphatic hydroxyl groups excluding tert-OH is 1. The van der Waals surface area contributed by atoms with E-state index in [1.807, 2.05) is 0 Å². The van der Waals surface area contributed by atoms with E-state index in [0.29, 0.717) is 13.2 Å². The van der Waals surface area contributed by atoms with Gasteiger partial charge in [-0.25, -0.2) is 0 Å². The monoisotopic (exact) mass is 175 g/mol. The summed E-state index contributed by atoms with van der Waals surface area (Å²) >= 11 is 0. The lowest BCUT2D eigenvalue weighted by Gasteiger charge is -2.14. The third kappa shape index (κ3) is 6.58. The van der Waals surface area contributed by atoms with Crippen LogP contribution in [0.15, 0.2) is 0 Å². The van der Waals surface area contributed by atoms with E-state index in [1.54, 1.807) is 0 Å². The van der Waals surface area contributed by atoms with Crippen LogP contribution in [0, 0.1) is 0 Å². The Bertz CT molecular complexity index is 88.6. The Balaban J connectivity index is 3.26. The molecule has 0 saturated heterocycles. The molecule has 0 aromatic carbocycles. The Morgan fingerprint density at radius 3 is 2.67 bits per heavy atom.